The fourth-order valence-corrected chi connectivity index (χ4v) is 2.36. The van der Waals surface area contributed by atoms with Crippen molar-refractivity contribution in [2.24, 2.45) is 0 Å². The van der Waals surface area contributed by atoms with Crippen LogP contribution in [0.1, 0.15) is 71.6 Å². The van der Waals surface area contributed by atoms with E-state index in [9.17, 15) is 0 Å². The first kappa shape index (κ1) is 14.0. The van der Waals surface area contributed by atoms with Crippen LogP contribution < -0.4 is 4.68 Å². The summed E-state index contributed by atoms with van der Waals surface area (Å²) in [6, 6.07) is 0. The molecule has 0 aliphatic rings. The minimum absolute atomic E-state index is 0.00133. The van der Waals surface area contributed by atoms with Gasteiger partial charge in [0.05, 0.1) is 10.8 Å². The summed E-state index contributed by atoms with van der Waals surface area (Å²) < 4.78 is 4.21. The molecule has 0 unspecified atom stereocenters. The van der Waals surface area contributed by atoms with E-state index in [2.05, 4.69) is 69.4 Å². The molecular formula is C15H25N4+. The Morgan fingerprint density at radius 3 is 2.21 bits per heavy atom. The van der Waals surface area contributed by atoms with Crippen LogP contribution in [0.15, 0.2) is 12.5 Å². The van der Waals surface area contributed by atoms with Crippen LogP contribution in [0, 0.1) is 0 Å². The SMILES string of the molecule is CC(C)c1c[n+](C(C)(C)C)n2ncnc(C(C)C)c12. The molecule has 19 heavy (non-hydrogen) atoms. The lowest BCUT2D eigenvalue weighted by Crippen LogP contribution is -2.54. The molecule has 2 rings (SSSR count). The van der Waals surface area contributed by atoms with Gasteiger partial charge in [0.15, 0.2) is 5.52 Å². The Bertz CT molecular complexity index is 588. The van der Waals surface area contributed by atoms with Gasteiger partial charge in [-0.05, 0) is 37.2 Å². The van der Waals surface area contributed by atoms with Crippen molar-refractivity contribution >= 4 is 5.52 Å². The summed E-state index contributed by atoms with van der Waals surface area (Å²) in [7, 11) is 0. The van der Waals surface area contributed by atoms with Crippen molar-refractivity contribution in [1.29, 1.82) is 0 Å². The van der Waals surface area contributed by atoms with Crippen LogP contribution in [0.5, 0.6) is 0 Å². The van der Waals surface area contributed by atoms with Gasteiger partial charge in [-0.25, -0.2) is 4.98 Å². The van der Waals surface area contributed by atoms with E-state index < -0.39 is 0 Å². The molecule has 0 spiro atoms. The van der Waals surface area contributed by atoms with Gasteiger partial charge in [-0.15, -0.1) is 0 Å². The highest BCUT2D eigenvalue weighted by Gasteiger charge is 2.29. The maximum absolute atomic E-state index is 4.50. The first-order valence-electron chi connectivity index (χ1n) is 7.02. The topological polar surface area (TPSA) is 34.1 Å². The minimum Gasteiger partial charge on any atom is -0.213 e. The predicted octanol–water partition coefficient (Wildman–Crippen LogP) is 3.02. The highest BCUT2D eigenvalue weighted by Crippen LogP contribution is 2.26. The average Bonchev–Trinajstić information content (AvgIpc) is 2.67. The average molecular weight is 261 g/mol. The second-order valence-electron chi connectivity index (χ2n) is 6.79. The molecular weight excluding hydrogens is 236 g/mol. The Morgan fingerprint density at radius 2 is 1.74 bits per heavy atom. The van der Waals surface area contributed by atoms with Crippen LogP contribution in [0.3, 0.4) is 0 Å². The Morgan fingerprint density at radius 1 is 1.11 bits per heavy atom. The maximum Gasteiger partial charge on any atom is 0.256 e. The second kappa shape index (κ2) is 4.58. The molecule has 0 radical (unpaired) electrons. The number of aromatic nitrogens is 4. The Hall–Kier alpha value is -1.45. The molecule has 0 saturated heterocycles. The van der Waals surface area contributed by atoms with Crippen molar-refractivity contribution in [1.82, 2.24) is 14.7 Å². The second-order valence-corrected chi connectivity index (χ2v) is 6.79. The van der Waals surface area contributed by atoms with E-state index in [1.54, 1.807) is 6.33 Å². The number of hydrogen-bond acceptors (Lipinski definition) is 2. The highest BCUT2D eigenvalue weighted by molar-refractivity contribution is 5.58. The van der Waals surface area contributed by atoms with Crippen molar-refractivity contribution in [2.75, 3.05) is 0 Å². The summed E-state index contributed by atoms with van der Waals surface area (Å²) in [6.45, 7) is 15.4. The Balaban J connectivity index is 2.87. The molecule has 0 atom stereocenters. The van der Waals surface area contributed by atoms with Crippen molar-refractivity contribution in [3.8, 4) is 0 Å². The smallest absolute Gasteiger partial charge is 0.213 e. The first-order chi connectivity index (χ1) is 8.73. The lowest BCUT2D eigenvalue weighted by atomic mass is 10.0. The van der Waals surface area contributed by atoms with Crippen LogP contribution >= 0.6 is 0 Å². The third-order valence-electron chi connectivity index (χ3n) is 3.40. The lowest BCUT2D eigenvalue weighted by Gasteiger charge is -2.14. The molecule has 4 nitrogen and oxygen atoms in total. The molecule has 2 heterocycles. The van der Waals surface area contributed by atoms with Crippen molar-refractivity contribution < 1.29 is 4.68 Å². The molecule has 0 saturated carbocycles. The largest absolute Gasteiger partial charge is 0.256 e. The molecule has 0 N–H and O–H groups in total. The van der Waals surface area contributed by atoms with Crippen LogP contribution in [-0.4, -0.2) is 14.7 Å². The summed E-state index contributed by atoms with van der Waals surface area (Å²) in [5, 5.41) is 4.46. The standard InChI is InChI=1S/C15H25N4/c1-10(2)12-8-18(15(5,6)7)19-14(12)13(11(3)4)16-9-17-19/h8-11H,1-7H3/q+1. The zero-order valence-electron chi connectivity index (χ0n) is 13.1. The Kier molecular flexibility index (Phi) is 3.37. The number of nitrogens with zero attached hydrogens (tertiary/aromatic N) is 4. The molecule has 0 aliphatic heterocycles. The van der Waals surface area contributed by atoms with Gasteiger partial charge in [0.2, 0.25) is 0 Å². The monoisotopic (exact) mass is 261 g/mol. The van der Waals surface area contributed by atoms with Gasteiger partial charge < -0.3 is 0 Å². The molecule has 2 aromatic rings. The molecule has 0 aromatic carbocycles. The summed E-state index contributed by atoms with van der Waals surface area (Å²) in [5.74, 6) is 0.855. The minimum atomic E-state index is -0.00133. The molecule has 0 fully saturated rings. The van der Waals surface area contributed by atoms with E-state index in [-0.39, 0.29) is 5.54 Å². The molecule has 0 amide bonds. The van der Waals surface area contributed by atoms with Crippen molar-refractivity contribution in [3.05, 3.63) is 23.8 Å². The molecule has 2 aromatic heterocycles. The normalized spacial score (nSPS) is 12.9. The molecule has 0 aliphatic carbocycles. The molecule has 4 heteroatoms. The quantitative estimate of drug-likeness (QED) is 0.779. The van der Waals surface area contributed by atoms with E-state index in [1.165, 1.54) is 11.1 Å². The van der Waals surface area contributed by atoms with E-state index in [0.29, 0.717) is 11.8 Å². The van der Waals surface area contributed by atoms with Gasteiger partial charge in [-0.2, -0.15) is 4.68 Å². The summed E-state index contributed by atoms with van der Waals surface area (Å²) >= 11 is 0. The zero-order chi connectivity index (χ0) is 14.4. The van der Waals surface area contributed by atoms with E-state index in [1.807, 2.05) is 4.63 Å². The van der Waals surface area contributed by atoms with Crippen LogP contribution in [0.25, 0.3) is 5.52 Å². The van der Waals surface area contributed by atoms with E-state index in [4.69, 9.17) is 0 Å². The highest BCUT2D eigenvalue weighted by atomic mass is 15.5. The van der Waals surface area contributed by atoms with E-state index >= 15 is 0 Å². The van der Waals surface area contributed by atoms with Gasteiger partial charge in [-0.1, -0.05) is 27.7 Å². The van der Waals surface area contributed by atoms with Gasteiger partial charge in [0.1, 0.15) is 11.7 Å². The van der Waals surface area contributed by atoms with Crippen LogP contribution in [-0.2, 0) is 5.54 Å². The van der Waals surface area contributed by atoms with E-state index in [0.717, 1.165) is 5.69 Å². The zero-order valence-corrected chi connectivity index (χ0v) is 13.1. The summed E-state index contributed by atoms with van der Waals surface area (Å²) in [5.41, 5.74) is 3.61. The van der Waals surface area contributed by atoms with Crippen molar-refractivity contribution in [2.45, 2.75) is 65.8 Å². The lowest BCUT2D eigenvalue weighted by molar-refractivity contribution is -0.816. The number of rotatable bonds is 2. The van der Waals surface area contributed by atoms with Crippen LogP contribution in [0.2, 0.25) is 0 Å². The van der Waals surface area contributed by atoms with Gasteiger partial charge in [-0.3, -0.25) is 0 Å². The molecule has 0 bridgehead atoms. The fraction of sp³-hybridized carbons (Fsp3) is 0.667. The fourth-order valence-electron chi connectivity index (χ4n) is 2.36. The third kappa shape index (κ3) is 2.36. The van der Waals surface area contributed by atoms with Gasteiger partial charge in [0.25, 0.3) is 6.33 Å². The van der Waals surface area contributed by atoms with Gasteiger partial charge in [0, 0.05) is 5.56 Å². The summed E-state index contributed by atoms with van der Waals surface area (Å²) in [4.78, 5) is 4.50. The number of fused-ring (bicyclic) bond motifs is 1. The summed E-state index contributed by atoms with van der Waals surface area (Å²) in [6.07, 6.45) is 3.88. The van der Waals surface area contributed by atoms with Gasteiger partial charge >= 0.3 is 0 Å². The van der Waals surface area contributed by atoms with Crippen LogP contribution in [0.4, 0.5) is 0 Å². The van der Waals surface area contributed by atoms with Crippen molar-refractivity contribution in [3.63, 3.8) is 0 Å². The Labute approximate surface area is 115 Å². The third-order valence-corrected chi connectivity index (χ3v) is 3.40. The first-order valence-corrected chi connectivity index (χ1v) is 7.02. The maximum atomic E-state index is 4.50. The predicted molar refractivity (Wildman–Crippen MR) is 76.4 cm³/mol. The number of hydrogen-bond donors (Lipinski definition) is 0. The molecule has 104 valence electrons.